The predicted octanol–water partition coefficient (Wildman–Crippen LogP) is 2.95. The van der Waals surface area contributed by atoms with E-state index in [4.69, 9.17) is 0 Å². The molecule has 2 heterocycles. The number of benzene rings is 2. The molecule has 0 saturated carbocycles. The van der Waals surface area contributed by atoms with Crippen molar-refractivity contribution < 1.29 is 18.0 Å². The molecule has 0 bridgehead atoms. The summed E-state index contributed by atoms with van der Waals surface area (Å²) in [6, 6.07) is 13.1. The van der Waals surface area contributed by atoms with Crippen molar-refractivity contribution >= 4 is 33.2 Å². The van der Waals surface area contributed by atoms with Crippen molar-refractivity contribution in [1.82, 2.24) is 4.31 Å². The summed E-state index contributed by atoms with van der Waals surface area (Å²) in [4.78, 5) is 26.6. The Hall–Kier alpha value is -2.71. The SMILES string of the molecule is C[C@H]1C[C@H](C)CN(S(=O)(=O)c2ccc(C(=O)N3CC(=O)Nc4ccccc43)cc2)C1. The van der Waals surface area contributed by atoms with Crippen LogP contribution in [0.25, 0.3) is 0 Å². The number of carbonyl (C=O) groups excluding carboxylic acids is 2. The van der Waals surface area contributed by atoms with Crippen molar-refractivity contribution in [1.29, 1.82) is 0 Å². The van der Waals surface area contributed by atoms with Gasteiger partial charge in [0.25, 0.3) is 5.91 Å². The van der Waals surface area contributed by atoms with E-state index in [0.717, 1.165) is 6.42 Å². The van der Waals surface area contributed by atoms with Crippen LogP contribution in [0, 0.1) is 11.8 Å². The molecule has 30 heavy (non-hydrogen) atoms. The van der Waals surface area contributed by atoms with Crippen LogP contribution in [-0.2, 0) is 14.8 Å². The molecule has 2 aliphatic heterocycles. The van der Waals surface area contributed by atoms with Gasteiger partial charge in [0.1, 0.15) is 6.54 Å². The molecule has 7 nitrogen and oxygen atoms in total. The number of para-hydroxylation sites is 2. The fourth-order valence-corrected chi connectivity index (χ4v) is 5.97. The van der Waals surface area contributed by atoms with Crippen molar-refractivity contribution in [2.75, 3.05) is 29.9 Å². The third kappa shape index (κ3) is 3.85. The van der Waals surface area contributed by atoms with Crippen LogP contribution in [-0.4, -0.2) is 44.2 Å². The van der Waals surface area contributed by atoms with Gasteiger partial charge < -0.3 is 5.32 Å². The van der Waals surface area contributed by atoms with E-state index in [1.807, 2.05) is 0 Å². The van der Waals surface area contributed by atoms with Gasteiger partial charge in [0.2, 0.25) is 15.9 Å². The van der Waals surface area contributed by atoms with Gasteiger partial charge in [-0.15, -0.1) is 0 Å². The summed E-state index contributed by atoms with van der Waals surface area (Å²) in [6.07, 6.45) is 1.02. The molecule has 0 aromatic heterocycles. The van der Waals surface area contributed by atoms with E-state index in [2.05, 4.69) is 19.2 Å². The number of hydrogen-bond acceptors (Lipinski definition) is 4. The van der Waals surface area contributed by atoms with E-state index >= 15 is 0 Å². The summed E-state index contributed by atoms with van der Waals surface area (Å²) in [6.45, 7) is 5.05. The maximum Gasteiger partial charge on any atom is 0.258 e. The molecule has 1 fully saturated rings. The fourth-order valence-electron chi connectivity index (χ4n) is 4.29. The number of amides is 2. The standard InChI is InChI=1S/C22H25N3O4S/c1-15-11-16(2)13-24(12-15)30(28,29)18-9-7-17(8-10-18)22(27)25-14-21(26)23-19-5-3-4-6-20(19)25/h3-10,15-16H,11-14H2,1-2H3,(H,23,26)/t15-,16-/m0/s1. The van der Waals surface area contributed by atoms with Gasteiger partial charge in [-0.25, -0.2) is 8.42 Å². The molecule has 2 atom stereocenters. The zero-order valence-electron chi connectivity index (χ0n) is 17.0. The molecule has 4 rings (SSSR count). The summed E-state index contributed by atoms with van der Waals surface area (Å²) >= 11 is 0. The number of hydrogen-bond donors (Lipinski definition) is 1. The van der Waals surface area contributed by atoms with E-state index < -0.39 is 10.0 Å². The van der Waals surface area contributed by atoms with Gasteiger partial charge >= 0.3 is 0 Å². The van der Waals surface area contributed by atoms with Crippen LogP contribution in [0.2, 0.25) is 0 Å². The number of rotatable bonds is 3. The third-order valence-electron chi connectivity index (χ3n) is 5.59. The third-order valence-corrected chi connectivity index (χ3v) is 7.44. The molecule has 2 amide bonds. The van der Waals surface area contributed by atoms with Crippen LogP contribution in [0.4, 0.5) is 11.4 Å². The summed E-state index contributed by atoms with van der Waals surface area (Å²) < 4.78 is 27.6. The van der Waals surface area contributed by atoms with Crippen molar-refractivity contribution in [3.8, 4) is 0 Å². The molecule has 0 unspecified atom stereocenters. The zero-order valence-corrected chi connectivity index (χ0v) is 17.9. The van der Waals surface area contributed by atoms with Crippen molar-refractivity contribution in [3.05, 3.63) is 54.1 Å². The van der Waals surface area contributed by atoms with Gasteiger partial charge in [0.15, 0.2) is 0 Å². The van der Waals surface area contributed by atoms with Gasteiger partial charge in [0, 0.05) is 18.7 Å². The number of nitrogens with zero attached hydrogens (tertiary/aromatic N) is 2. The lowest BCUT2D eigenvalue weighted by Crippen LogP contribution is -2.42. The molecular weight excluding hydrogens is 402 g/mol. The number of fused-ring (bicyclic) bond motifs is 1. The number of nitrogens with one attached hydrogen (secondary N) is 1. The minimum absolute atomic E-state index is 0.0839. The van der Waals surface area contributed by atoms with E-state index in [1.54, 1.807) is 24.3 Å². The number of sulfonamides is 1. The van der Waals surface area contributed by atoms with Gasteiger partial charge in [-0.1, -0.05) is 26.0 Å². The first-order valence-corrected chi connectivity index (χ1v) is 11.5. The van der Waals surface area contributed by atoms with E-state index in [-0.39, 0.29) is 23.3 Å². The Morgan fingerprint density at radius 2 is 1.63 bits per heavy atom. The van der Waals surface area contributed by atoms with E-state index in [1.165, 1.54) is 33.5 Å². The Morgan fingerprint density at radius 1 is 1.00 bits per heavy atom. The molecule has 2 aliphatic rings. The van der Waals surface area contributed by atoms with Crippen molar-refractivity contribution in [3.63, 3.8) is 0 Å². The first-order valence-electron chi connectivity index (χ1n) is 10.1. The van der Waals surface area contributed by atoms with Crippen LogP contribution in [0.1, 0.15) is 30.6 Å². The average Bonchev–Trinajstić information content (AvgIpc) is 2.72. The van der Waals surface area contributed by atoms with Gasteiger partial charge in [-0.05, 0) is 54.7 Å². The summed E-state index contributed by atoms with van der Waals surface area (Å²) in [5.41, 5.74) is 1.53. The molecule has 0 radical (unpaired) electrons. The Kier molecular flexibility index (Phi) is 5.38. The molecule has 2 aromatic carbocycles. The predicted molar refractivity (Wildman–Crippen MR) is 115 cm³/mol. The molecule has 8 heteroatoms. The highest BCUT2D eigenvalue weighted by Gasteiger charge is 2.32. The first-order chi connectivity index (χ1) is 14.3. The van der Waals surface area contributed by atoms with E-state index in [0.29, 0.717) is 41.9 Å². The van der Waals surface area contributed by atoms with Crippen LogP contribution in [0.15, 0.2) is 53.4 Å². The van der Waals surface area contributed by atoms with Crippen molar-refractivity contribution in [2.24, 2.45) is 11.8 Å². The number of carbonyl (C=O) groups is 2. The monoisotopic (exact) mass is 427 g/mol. The maximum atomic E-state index is 13.0. The summed E-state index contributed by atoms with van der Waals surface area (Å²) in [7, 11) is -3.61. The lowest BCUT2D eigenvalue weighted by atomic mass is 9.94. The Bertz CT molecular complexity index is 1070. The van der Waals surface area contributed by atoms with Crippen molar-refractivity contribution in [2.45, 2.75) is 25.2 Å². The molecule has 1 N–H and O–H groups in total. The fraction of sp³-hybridized carbons (Fsp3) is 0.364. The summed E-state index contributed by atoms with van der Waals surface area (Å²) in [5.74, 6) is 0.0143. The Morgan fingerprint density at radius 3 is 2.30 bits per heavy atom. The summed E-state index contributed by atoms with van der Waals surface area (Å²) in [5, 5.41) is 2.75. The van der Waals surface area contributed by atoms with Crippen LogP contribution >= 0.6 is 0 Å². The topological polar surface area (TPSA) is 86.8 Å². The average molecular weight is 428 g/mol. The molecule has 158 valence electrons. The smallest absolute Gasteiger partial charge is 0.258 e. The lowest BCUT2D eigenvalue weighted by molar-refractivity contribution is -0.115. The first kappa shape index (κ1) is 20.6. The second-order valence-corrected chi connectivity index (χ2v) is 10.2. The van der Waals surface area contributed by atoms with Crippen LogP contribution in [0.5, 0.6) is 0 Å². The highest BCUT2D eigenvalue weighted by molar-refractivity contribution is 7.89. The van der Waals surface area contributed by atoms with Gasteiger partial charge in [-0.3, -0.25) is 14.5 Å². The quantitative estimate of drug-likeness (QED) is 0.816. The lowest BCUT2D eigenvalue weighted by Gasteiger charge is -2.34. The normalized spacial score (nSPS) is 22.3. The maximum absolute atomic E-state index is 13.0. The minimum atomic E-state index is -3.61. The van der Waals surface area contributed by atoms with Gasteiger partial charge in [0.05, 0.1) is 16.3 Å². The highest BCUT2D eigenvalue weighted by Crippen LogP contribution is 2.31. The molecule has 1 saturated heterocycles. The van der Waals surface area contributed by atoms with E-state index in [9.17, 15) is 18.0 Å². The molecular formula is C22H25N3O4S. The van der Waals surface area contributed by atoms with Gasteiger partial charge in [-0.2, -0.15) is 4.31 Å². The van der Waals surface area contributed by atoms with Crippen LogP contribution < -0.4 is 10.2 Å². The minimum Gasteiger partial charge on any atom is -0.323 e. The second kappa shape index (κ2) is 7.85. The number of piperidine rings is 1. The Labute approximate surface area is 176 Å². The molecule has 2 aromatic rings. The molecule has 0 aliphatic carbocycles. The zero-order chi connectivity index (χ0) is 21.5. The van der Waals surface area contributed by atoms with Crippen LogP contribution in [0.3, 0.4) is 0 Å². The highest BCUT2D eigenvalue weighted by atomic mass is 32.2. The number of anilines is 2. The molecule has 0 spiro atoms. The largest absolute Gasteiger partial charge is 0.323 e. The second-order valence-electron chi connectivity index (χ2n) is 8.25. The Balaban J connectivity index is 1.58.